The molecule has 1 aliphatic heterocycles. The molecule has 1 amide bonds. The molecule has 0 unspecified atom stereocenters. The highest BCUT2D eigenvalue weighted by molar-refractivity contribution is 5.97. The third-order valence-electron chi connectivity index (χ3n) is 6.95. The van der Waals surface area contributed by atoms with Crippen molar-refractivity contribution in [1.29, 1.82) is 0 Å². The van der Waals surface area contributed by atoms with E-state index in [1.165, 1.54) is 0 Å². The van der Waals surface area contributed by atoms with Crippen LogP contribution in [0.5, 0.6) is 0 Å². The van der Waals surface area contributed by atoms with Crippen molar-refractivity contribution in [2.75, 3.05) is 38.6 Å². The number of carbonyl (C=O) groups is 1. The number of pyridine rings is 1. The molecule has 3 heterocycles. The zero-order chi connectivity index (χ0) is 24.9. The first kappa shape index (κ1) is 24.0. The number of nitrogen functional groups attached to an aromatic ring is 1. The highest BCUT2D eigenvalue weighted by Gasteiger charge is 2.19. The number of nitrogens with two attached hydrogens (primary N) is 1. The molecule has 36 heavy (non-hydrogen) atoms. The molecule has 0 atom stereocenters. The van der Waals surface area contributed by atoms with Crippen molar-refractivity contribution in [3.8, 4) is 11.3 Å². The van der Waals surface area contributed by atoms with Crippen LogP contribution in [0.3, 0.4) is 0 Å². The van der Waals surface area contributed by atoms with Crippen LogP contribution in [0, 0.1) is 6.92 Å². The van der Waals surface area contributed by atoms with Gasteiger partial charge >= 0.3 is 0 Å². The molecular weight excluding hydrogens is 450 g/mol. The molecule has 2 aromatic heterocycles. The molecule has 7 heteroatoms. The topological polar surface area (TPSA) is 85.4 Å². The largest absolute Gasteiger partial charge is 0.383 e. The van der Waals surface area contributed by atoms with Crippen LogP contribution in [0.4, 0.5) is 5.82 Å². The molecule has 186 valence electrons. The number of morpholine rings is 1. The summed E-state index contributed by atoms with van der Waals surface area (Å²) in [5, 5.41) is 5.05. The van der Waals surface area contributed by atoms with Gasteiger partial charge in [-0.05, 0) is 48.1 Å². The van der Waals surface area contributed by atoms with Crippen LogP contribution >= 0.6 is 0 Å². The lowest BCUT2D eigenvalue weighted by atomic mass is 10.1. The molecule has 0 spiro atoms. The van der Waals surface area contributed by atoms with Crippen molar-refractivity contribution in [1.82, 2.24) is 19.8 Å². The van der Waals surface area contributed by atoms with E-state index in [2.05, 4.69) is 31.9 Å². The van der Waals surface area contributed by atoms with Crippen molar-refractivity contribution in [2.45, 2.75) is 26.4 Å². The number of benzene rings is 2. The van der Waals surface area contributed by atoms with Gasteiger partial charge in [0.15, 0.2) is 0 Å². The maximum atomic E-state index is 13.3. The minimum Gasteiger partial charge on any atom is -0.383 e. The Morgan fingerprint density at radius 3 is 2.67 bits per heavy atom. The summed E-state index contributed by atoms with van der Waals surface area (Å²) in [6, 6.07) is 20.3. The van der Waals surface area contributed by atoms with E-state index in [9.17, 15) is 4.79 Å². The number of rotatable bonds is 8. The summed E-state index contributed by atoms with van der Waals surface area (Å²) < 4.78 is 7.76. The molecule has 3 N–H and O–H groups in total. The van der Waals surface area contributed by atoms with E-state index in [1.807, 2.05) is 55.5 Å². The number of anilines is 1. The molecule has 7 nitrogen and oxygen atoms in total. The van der Waals surface area contributed by atoms with E-state index in [0.717, 1.165) is 84.7 Å². The number of carbonyl (C=O) groups excluding carboxylic acids is 1. The van der Waals surface area contributed by atoms with E-state index in [0.29, 0.717) is 12.4 Å². The minimum absolute atomic E-state index is 0.0639. The number of amides is 1. The lowest BCUT2D eigenvalue weighted by Crippen LogP contribution is -2.37. The van der Waals surface area contributed by atoms with E-state index in [4.69, 9.17) is 10.5 Å². The standard InChI is InChI=1S/C29H33N5O2/c1-21-26(29(35)32-20-22-8-9-25-24(18-22)10-11-31-28(25)30)19-27(23-6-3-2-4-7-23)34(21)13-5-12-33-14-16-36-17-15-33/h2-4,6-11,18-19H,5,12-17,20H2,1H3,(H2,30,31)(H,32,35). The average molecular weight is 484 g/mol. The fraction of sp³-hybridized carbons (Fsp3) is 0.310. The number of nitrogens with one attached hydrogen (secondary N) is 1. The molecule has 4 aromatic rings. The predicted molar refractivity (Wildman–Crippen MR) is 144 cm³/mol. The van der Waals surface area contributed by atoms with Gasteiger partial charge in [0.05, 0.1) is 18.8 Å². The average Bonchev–Trinajstić information content (AvgIpc) is 3.24. The van der Waals surface area contributed by atoms with E-state index in [-0.39, 0.29) is 5.91 Å². The third kappa shape index (κ3) is 5.27. The molecule has 0 bridgehead atoms. The molecule has 0 aliphatic carbocycles. The van der Waals surface area contributed by atoms with E-state index in [1.54, 1.807) is 6.20 Å². The van der Waals surface area contributed by atoms with Crippen LogP contribution in [0.15, 0.2) is 66.9 Å². The molecule has 0 saturated carbocycles. The summed E-state index contributed by atoms with van der Waals surface area (Å²) in [6.07, 6.45) is 2.72. The Morgan fingerprint density at radius 2 is 1.86 bits per heavy atom. The Balaban J connectivity index is 1.33. The highest BCUT2D eigenvalue weighted by Crippen LogP contribution is 2.27. The summed E-state index contributed by atoms with van der Waals surface area (Å²) in [7, 11) is 0. The SMILES string of the molecule is Cc1c(C(=O)NCc2ccc3c(N)nccc3c2)cc(-c2ccccc2)n1CCCN1CCOCC1. The number of ether oxygens (including phenoxy) is 1. The van der Waals surface area contributed by atoms with Crippen molar-refractivity contribution in [2.24, 2.45) is 0 Å². The first-order valence-corrected chi connectivity index (χ1v) is 12.6. The summed E-state index contributed by atoms with van der Waals surface area (Å²) >= 11 is 0. The quantitative estimate of drug-likeness (QED) is 0.391. The van der Waals surface area contributed by atoms with Crippen molar-refractivity contribution in [3.05, 3.63) is 83.7 Å². The van der Waals surface area contributed by atoms with Gasteiger partial charge < -0.3 is 20.4 Å². The molecule has 1 fully saturated rings. The number of nitrogens with zero attached hydrogens (tertiary/aromatic N) is 3. The fourth-order valence-corrected chi connectivity index (χ4v) is 4.93. The second-order valence-corrected chi connectivity index (χ2v) is 9.29. The molecule has 1 saturated heterocycles. The first-order valence-electron chi connectivity index (χ1n) is 12.6. The Morgan fingerprint density at radius 1 is 1.06 bits per heavy atom. The van der Waals surface area contributed by atoms with E-state index >= 15 is 0 Å². The van der Waals surface area contributed by atoms with Gasteiger partial charge in [-0.15, -0.1) is 0 Å². The lowest BCUT2D eigenvalue weighted by molar-refractivity contribution is 0.0369. The number of hydrogen-bond acceptors (Lipinski definition) is 5. The molecule has 0 radical (unpaired) electrons. The normalized spacial score (nSPS) is 14.2. The van der Waals surface area contributed by atoms with Gasteiger partial charge in [0.25, 0.3) is 5.91 Å². The number of aromatic nitrogens is 2. The maximum Gasteiger partial charge on any atom is 0.253 e. The lowest BCUT2D eigenvalue weighted by Gasteiger charge is -2.26. The maximum absolute atomic E-state index is 13.3. The van der Waals surface area contributed by atoms with Gasteiger partial charge in [0, 0.05) is 55.7 Å². The second kappa shape index (κ2) is 10.9. The summed E-state index contributed by atoms with van der Waals surface area (Å²) in [4.78, 5) is 19.9. The van der Waals surface area contributed by atoms with Crippen molar-refractivity contribution in [3.63, 3.8) is 0 Å². The Bertz CT molecular complexity index is 1340. The summed E-state index contributed by atoms with van der Waals surface area (Å²) in [5.74, 6) is 0.452. The van der Waals surface area contributed by atoms with Crippen LogP contribution < -0.4 is 11.1 Å². The minimum atomic E-state index is -0.0639. The molecular formula is C29H33N5O2. The van der Waals surface area contributed by atoms with Crippen LogP contribution in [0.2, 0.25) is 0 Å². The van der Waals surface area contributed by atoms with Gasteiger partial charge in [0.1, 0.15) is 5.82 Å². The summed E-state index contributed by atoms with van der Waals surface area (Å²) in [5.41, 5.74) is 10.9. The van der Waals surface area contributed by atoms with Gasteiger partial charge in [-0.25, -0.2) is 4.98 Å². The zero-order valence-corrected chi connectivity index (χ0v) is 20.7. The second-order valence-electron chi connectivity index (χ2n) is 9.29. The van der Waals surface area contributed by atoms with Crippen LogP contribution in [0.1, 0.15) is 28.0 Å². The number of hydrogen-bond donors (Lipinski definition) is 2. The molecule has 1 aliphatic rings. The van der Waals surface area contributed by atoms with Crippen molar-refractivity contribution < 1.29 is 9.53 Å². The van der Waals surface area contributed by atoms with E-state index < -0.39 is 0 Å². The number of fused-ring (bicyclic) bond motifs is 1. The van der Waals surface area contributed by atoms with Gasteiger partial charge in [-0.3, -0.25) is 9.69 Å². The summed E-state index contributed by atoms with van der Waals surface area (Å²) in [6.45, 7) is 7.97. The van der Waals surface area contributed by atoms with Gasteiger partial charge in [-0.1, -0.05) is 42.5 Å². The first-order chi connectivity index (χ1) is 17.6. The monoisotopic (exact) mass is 483 g/mol. The van der Waals surface area contributed by atoms with Crippen LogP contribution in [-0.4, -0.2) is 53.2 Å². The highest BCUT2D eigenvalue weighted by atomic mass is 16.5. The van der Waals surface area contributed by atoms with Gasteiger partial charge in [-0.2, -0.15) is 0 Å². The fourth-order valence-electron chi connectivity index (χ4n) is 4.93. The van der Waals surface area contributed by atoms with Crippen LogP contribution in [-0.2, 0) is 17.8 Å². The zero-order valence-electron chi connectivity index (χ0n) is 20.7. The van der Waals surface area contributed by atoms with Crippen LogP contribution in [0.25, 0.3) is 22.0 Å². The molecule has 2 aromatic carbocycles. The molecule has 5 rings (SSSR count). The predicted octanol–water partition coefficient (Wildman–Crippen LogP) is 4.25. The third-order valence-corrected chi connectivity index (χ3v) is 6.95. The van der Waals surface area contributed by atoms with Gasteiger partial charge in [0.2, 0.25) is 0 Å². The Labute approximate surface area is 211 Å². The van der Waals surface area contributed by atoms with Crippen molar-refractivity contribution >= 4 is 22.5 Å². The smallest absolute Gasteiger partial charge is 0.253 e. The Hall–Kier alpha value is -3.68. The Kier molecular flexibility index (Phi) is 7.30.